The summed E-state index contributed by atoms with van der Waals surface area (Å²) in [5.74, 6) is 2.29. The summed E-state index contributed by atoms with van der Waals surface area (Å²) in [5, 5.41) is 0. The highest BCUT2D eigenvalue weighted by atomic mass is 16.5. The van der Waals surface area contributed by atoms with Crippen LogP contribution in [0.2, 0.25) is 0 Å². The second-order valence-electron chi connectivity index (χ2n) is 6.74. The first kappa shape index (κ1) is 16.3. The molecule has 0 bridgehead atoms. The third-order valence-electron chi connectivity index (χ3n) is 5.49. The van der Waals surface area contributed by atoms with Gasteiger partial charge in [0.25, 0.3) is 0 Å². The molecule has 3 atom stereocenters. The first-order valence-electron chi connectivity index (χ1n) is 8.65. The largest absolute Gasteiger partial charge is 0.496 e. The topological polar surface area (TPSA) is 38.8 Å². The van der Waals surface area contributed by atoms with E-state index in [1.807, 2.05) is 24.3 Å². The molecule has 4 heteroatoms. The fourth-order valence-corrected chi connectivity index (χ4v) is 4.22. The van der Waals surface area contributed by atoms with Crippen molar-refractivity contribution in [3.05, 3.63) is 29.8 Å². The van der Waals surface area contributed by atoms with E-state index in [0.717, 1.165) is 37.2 Å². The lowest BCUT2D eigenvalue weighted by Gasteiger charge is -2.31. The molecule has 2 aliphatic rings. The smallest absolute Gasteiger partial charge is 0.222 e. The van der Waals surface area contributed by atoms with Gasteiger partial charge in [-0.3, -0.25) is 4.79 Å². The van der Waals surface area contributed by atoms with Crippen molar-refractivity contribution >= 4 is 5.91 Å². The summed E-state index contributed by atoms with van der Waals surface area (Å²) in [5.41, 5.74) is 1.11. The molecule has 0 spiro atoms. The molecule has 1 aromatic rings. The molecule has 23 heavy (non-hydrogen) atoms. The normalized spacial score (nSPS) is 26.9. The van der Waals surface area contributed by atoms with Gasteiger partial charge < -0.3 is 14.4 Å². The van der Waals surface area contributed by atoms with E-state index in [2.05, 4.69) is 4.90 Å². The quantitative estimate of drug-likeness (QED) is 0.838. The molecule has 1 aromatic carbocycles. The molecule has 0 aromatic heterocycles. The van der Waals surface area contributed by atoms with Crippen LogP contribution in [0.15, 0.2) is 24.3 Å². The second kappa shape index (κ2) is 7.35. The van der Waals surface area contributed by atoms with Gasteiger partial charge in [0.15, 0.2) is 0 Å². The zero-order chi connectivity index (χ0) is 16.2. The molecule has 1 aliphatic heterocycles. The summed E-state index contributed by atoms with van der Waals surface area (Å²) in [6.07, 6.45) is 5.23. The molecule has 1 amide bonds. The first-order chi connectivity index (χ1) is 11.2. The van der Waals surface area contributed by atoms with E-state index in [1.165, 1.54) is 12.8 Å². The summed E-state index contributed by atoms with van der Waals surface area (Å²) < 4.78 is 11.0. The number of hydrogen-bond donors (Lipinski definition) is 0. The maximum Gasteiger partial charge on any atom is 0.222 e. The van der Waals surface area contributed by atoms with Gasteiger partial charge in [-0.05, 0) is 36.8 Å². The minimum Gasteiger partial charge on any atom is -0.496 e. The van der Waals surface area contributed by atoms with Gasteiger partial charge in [-0.1, -0.05) is 24.6 Å². The average molecular weight is 317 g/mol. The number of para-hydroxylation sites is 1. The molecule has 2 fully saturated rings. The van der Waals surface area contributed by atoms with E-state index in [4.69, 9.17) is 9.47 Å². The maximum atomic E-state index is 12.6. The van der Waals surface area contributed by atoms with Crippen LogP contribution in [-0.2, 0) is 16.0 Å². The highest BCUT2D eigenvalue weighted by Crippen LogP contribution is 2.37. The van der Waals surface area contributed by atoms with E-state index >= 15 is 0 Å². The van der Waals surface area contributed by atoms with Gasteiger partial charge >= 0.3 is 0 Å². The van der Waals surface area contributed by atoms with E-state index in [-0.39, 0.29) is 5.91 Å². The Labute approximate surface area is 138 Å². The standard InChI is InChI=1S/C19H27NO3/c1-22-17-8-4-3-6-14(17)10-11-19(21)20-12-15-7-5-9-18(23-2)16(15)13-20/h3-4,6,8,15-16,18H,5,7,9-13H2,1-2H3/t15-,16+,18-/m1/s1. The lowest BCUT2D eigenvalue weighted by atomic mass is 9.79. The van der Waals surface area contributed by atoms with Crippen LogP contribution in [0, 0.1) is 11.8 Å². The van der Waals surface area contributed by atoms with Crippen molar-refractivity contribution in [3.63, 3.8) is 0 Å². The number of carbonyl (C=O) groups is 1. The predicted molar refractivity (Wildman–Crippen MR) is 89.5 cm³/mol. The van der Waals surface area contributed by atoms with Gasteiger partial charge in [0.1, 0.15) is 5.75 Å². The first-order valence-corrected chi connectivity index (χ1v) is 8.65. The summed E-state index contributed by atoms with van der Waals surface area (Å²) in [6, 6.07) is 7.94. The number of methoxy groups -OCH3 is 2. The van der Waals surface area contributed by atoms with Gasteiger partial charge in [0.05, 0.1) is 13.2 Å². The number of ether oxygens (including phenoxy) is 2. The Morgan fingerprint density at radius 2 is 2.04 bits per heavy atom. The van der Waals surface area contributed by atoms with Crippen molar-refractivity contribution in [2.45, 2.75) is 38.2 Å². The van der Waals surface area contributed by atoms with Crippen LogP contribution >= 0.6 is 0 Å². The van der Waals surface area contributed by atoms with E-state index in [0.29, 0.717) is 24.4 Å². The highest BCUT2D eigenvalue weighted by molar-refractivity contribution is 5.77. The van der Waals surface area contributed by atoms with E-state index in [9.17, 15) is 4.79 Å². The summed E-state index contributed by atoms with van der Waals surface area (Å²) in [4.78, 5) is 14.7. The number of nitrogens with zero attached hydrogens (tertiary/aromatic N) is 1. The van der Waals surface area contributed by atoms with Crippen molar-refractivity contribution in [3.8, 4) is 5.75 Å². The summed E-state index contributed by atoms with van der Waals surface area (Å²) in [6.45, 7) is 1.78. The number of fused-ring (bicyclic) bond motifs is 1. The third kappa shape index (κ3) is 3.52. The van der Waals surface area contributed by atoms with Crippen molar-refractivity contribution < 1.29 is 14.3 Å². The highest BCUT2D eigenvalue weighted by Gasteiger charge is 2.41. The number of hydrogen-bond acceptors (Lipinski definition) is 3. The fourth-order valence-electron chi connectivity index (χ4n) is 4.22. The second-order valence-corrected chi connectivity index (χ2v) is 6.74. The lowest BCUT2D eigenvalue weighted by Crippen LogP contribution is -2.33. The number of likely N-dealkylation sites (tertiary alicyclic amines) is 1. The van der Waals surface area contributed by atoms with Crippen LogP contribution in [-0.4, -0.2) is 44.2 Å². The minimum atomic E-state index is 0.264. The van der Waals surface area contributed by atoms with Crippen LogP contribution in [0.4, 0.5) is 0 Å². The van der Waals surface area contributed by atoms with Crippen LogP contribution < -0.4 is 4.74 Å². The molecule has 0 N–H and O–H groups in total. The number of rotatable bonds is 5. The van der Waals surface area contributed by atoms with Crippen LogP contribution in [0.5, 0.6) is 5.75 Å². The maximum absolute atomic E-state index is 12.6. The molecule has 3 rings (SSSR count). The SMILES string of the molecule is COc1ccccc1CCC(=O)N1C[C@H]2CCC[C@@H](OC)[C@H]2C1. The molecule has 0 unspecified atom stereocenters. The zero-order valence-electron chi connectivity index (χ0n) is 14.2. The number of aryl methyl sites for hydroxylation is 1. The Bertz CT molecular complexity index is 545. The Hall–Kier alpha value is -1.55. The number of benzene rings is 1. The summed E-state index contributed by atoms with van der Waals surface area (Å²) >= 11 is 0. The Balaban J connectivity index is 1.57. The molecule has 1 aliphatic carbocycles. The Kier molecular flexibility index (Phi) is 5.21. The van der Waals surface area contributed by atoms with Crippen LogP contribution in [0.25, 0.3) is 0 Å². The van der Waals surface area contributed by atoms with Gasteiger partial charge in [0, 0.05) is 32.5 Å². The minimum absolute atomic E-state index is 0.264. The summed E-state index contributed by atoms with van der Waals surface area (Å²) in [7, 11) is 3.48. The zero-order valence-corrected chi connectivity index (χ0v) is 14.2. The van der Waals surface area contributed by atoms with Crippen LogP contribution in [0.1, 0.15) is 31.2 Å². The molecular formula is C19H27NO3. The molecular weight excluding hydrogens is 290 g/mol. The Morgan fingerprint density at radius 3 is 2.83 bits per heavy atom. The van der Waals surface area contributed by atoms with E-state index < -0.39 is 0 Å². The molecule has 1 heterocycles. The van der Waals surface area contributed by atoms with E-state index in [1.54, 1.807) is 14.2 Å². The van der Waals surface area contributed by atoms with Crippen molar-refractivity contribution in [1.29, 1.82) is 0 Å². The van der Waals surface area contributed by atoms with Gasteiger partial charge in [-0.15, -0.1) is 0 Å². The third-order valence-corrected chi connectivity index (χ3v) is 5.49. The molecule has 1 saturated heterocycles. The van der Waals surface area contributed by atoms with Crippen LogP contribution in [0.3, 0.4) is 0 Å². The molecule has 4 nitrogen and oxygen atoms in total. The monoisotopic (exact) mass is 317 g/mol. The van der Waals surface area contributed by atoms with Crippen molar-refractivity contribution in [2.75, 3.05) is 27.3 Å². The molecule has 1 saturated carbocycles. The molecule has 0 radical (unpaired) electrons. The number of amides is 1. The van der Waals surface area contributed by atoms with Gasteiger partial charge in [-0.2, -0.15) is 0 Å². The van der Waals surface area contributed by atoms with Gasteiger partial charge in [-0.25, -0.2) is 0 Å². The Morgan fingerprint density at radius 1 is 1.22 bits per heavy atom. The van der Waals surface area contributed by atoms with Crippen molar-refractivity contribution in [2.24, 2.45) is 11.8 Å². The molecule has 126 valence electrons. The predicted octanol–water partition coefficient (Wildman–Crippen LogP) is 2.90. The van der Waals surface area contributed by atoms with Crippen molar-refractivity contribution in [1.82, 2.24) is 4.90 Å². The number of carbonyl (C=O) groups excluding carboxylic acids is 1. The van der Waals surface area contributed by atoms with Gasteiger partial charge in [0.2, 0.25) is 5.91 Å². The fraction of sp³-hybridized carbons (Fsp3) is 0.632. The average Bonchev–Trinajstić information content (AvgIpc) is 3.04. The lowest BCUT2D eigenvalue weighted by molar-refractivity contribution is -0.130.